The van der Waals surface area contributed by atoms with Crippen LogP contribution in [0.3, 0.4) is 0 Å². The molecule has 1 rings (SSSR count). The summed E-state index contributed by atoms with van der Waals surface area (Å²) < 4.78 is 22.5. The van der Waals surface area contributed by atoms with Gasteiger partial charge >= 0.3 is 5.97 Å². The topological polar surface area (TPSA) is 115 Å². The normalized spacial score (nSPS) is 23.2. The smallest absolute Gasteiger partial charge is 0.306 e. The van der Waals surface area contributed by atoms with Crippen molar-refractivity contribution in [2.45, 2.75) is 185 Å². The second-order valence-electron chi connectivity index (χ2n) is 12.2. The van der Waals surface area contributed by atoms with Crippen LogP contribution in [-0.4, -0.2) is 78.4 Å². The number of aliphatic hydroxyl groups is 3. The second kappa shape index (κ2) is 27.3. The number of methoxy groups -OCH3 is 1. The Labute approximate surface area is 262 Å². The van der Waals surface area contributed by atoms with Gasteiger partial charge in [0.15, 0.2) is 12.4 Å². The average molecular weight is 615 g/mol. The fourth-order valence-electron chi connectivity index (χ4n) is 5.62. The standard InChI is InChI=1S/C35H66O8/c1-4-6-8-10-11-12-13-14-15-16-17-18-19-21-23-25-31(37)43-34-33(32(38)30(28-36)42-35(34)39)41-27-26-29(40-3)24-22-20-9-7-5-2/h12-13,29-30,32-36,38-39H,4-11,14-28H2,1-3H3/b13-12-/t29-,30-,32-,33+,34-,35?/m1/s1. The maximum atomic E-state index is 12.6. The van der Waals surface area contributed by atoms with Crippen LogP contribution in [0.15, 0.2) is 12.2 Å². The number of ether oxygens (including phenoxy) is 4. The largest absolute Gasteiger partial charge is 0.454 e. The predicted octanol–water partition coefficient (Wildman–Crippen LogP) is 7.16. The quantitative estimate of drug-likeness (QED) is 0.0483. The molecule has 0 bridgehead atoms. The van der Waals surface area contributed by atoms with Gasteiger partial charge in [-0.1, -0.05) is 109 Å². The van der Waals surface area contributed by atoms with Crippen molar-refractivity contribution >= 4 is 5.97 Å². The third-order valence-corrected chi connectivity index (χ3v) is 8.44. The van der Waals surface area contributed by atoms with Gasteiger partial charge in [0.25, 0.3) is 0 Å². The fraction of sp³-hybridized carbons (Fsp3) is 0.914. The van der Waals surface area contributed by atoms with Gasteiger partial charge in [-0.15, -0.1) is 0 Å². The van der Waals surface area contributed by atoms with Crippen molar-refractivity contribution in [1.82, 2.24) is 0 Å². The SMILES string of the molecule is CCCCCC/C=C\CCCCCCCCCC(=O)O[C@H]1C(O)O[C@H](CO)[C@@H](O)[C@@H]1OCC[C@@H](CCCCCCC)OC. The molecule has 254 valence electrons. The zero-order valence-electron chi connectivity index (χ0n) is 27.8. The maximum absolute atomic E-state index is 12.6. The van der Waals surface area contributed by atoms with E-state index in [0.717, 1.165) is 32.1 Å². The van der Waals surface area contributed by atoms with Crippen molar-refractivity contribution < 1.29 is 39.1 Å². The number of unbranched alkanes of at least 4 members (excludes halogenated alkanes) is 15. The molecule has 1 saturated heterocycles. The summed E-state index contributed by atoms with van der Waals surface area (Å²) in [5.74, 6) is -0.445. The number of carbonyl (C=O) groups excluding carboxylic acids is 1. The first kappa shape index (κ1) is 40.0. The number of esters is 1. The van der Waals surface area contributed by atoms with Crippen molar-refractivity contribution in [1.29, 1.82) is 0 Å². The molecule has 0 aromatic heterocycles. The first-order valence-electron chi connectivity index (χ1n) is 17.6. The van der Waals surface area contributed by atoms with Crippen LogP contribution in [0, 0.1) is 0 Å². The summed E-state index contributed by atoms with van der Waals surface area (Å²) in [7, 11) is 1.69. The van der Waals surface area contributed by atoms with Crippen molar-refractivity contribution in [2.75, 3.05) is 20.3 Å². The molecule has 1 fully saturated rings. The van der Waals surface area contributed by atoms with E-state index in [-0.39, 0.29) is 19.1 Å². The Morgan fingerprint density at radius 2 is 1.33 bits per heavy atom. The van der Waals surface area contributed by atoms with Gasteiger partial charge in [0.1, 0.15) is 18.3 Å². The molecule has 6 atom stereocenters. The van der Waals surface area contributed by atoms with E-state index >= 15 is 0 Å². The predicted molar refractivity (Wildman–Crippen MR) is 172 cm³/mol. The average Bonchev–Trinajstić information content (AvgIpc) is 3.00. The van der Waals surface area contributed by atoms with Gasteiger partial charge < -0.3 is 34.3 Å². The highest BCUT2D eigenvalue weighted by atomic mass is 16.7. The summed E-state index contributed by atoms with van der Waals surface area (Å²) in [6.45, 7) is 4.23. The van der Waals surface area contributed by atoms with Crippen molar-refractivity contribution in [3.05, 3.63) is 12.2 Å². The number of hydrogen-bond donors (Lipinski definition) is 3. The van der Waals surface area contributed by atoms with Crippen LogP contribution in [0.2, 0.25) is 0 Å². The lowest BCUT2D eigenvalue weighted by atomic mass is 9.98. The number of carbonyl (C=O) groups is 1. The minimum absolute atomic E-state index is 0.0279. The zero-order chi connectivity index (χ0) is 31.5. The summed E-state index contributed by atoms with van der Waals surface area (Å²) in [6.07, 6.45) is 21.8. The molecule has 43 heavy (non-hydrogen) atoms. The molecule has 0 aromatic rings. The summed E-state index contributed by atoms with van der Waals surface area (Å²) in [5.41, 5.74) is 0. The lowest BCUT2D eigenvalue weighted by Gasteiger charge is -2.41. The van der Waals surface area contributed by atoms with Crippen LogP contribution in [0.4, 0.5) is 0 Å². The summed E-state index contributed by atoms with van der Waals surface area (Å²) in [5, 5.41) is 30.9. The molecule has 0 saturated carbocycles. The minimum atomic E-state index is -1.48. The minimum Gasteiger partial charge on any atom is -0.454 e. The number of allylic oxidation sites excluding steroid dienone is 2. The van der Waals surface area contributed by atoms with E-state index in [1.54, 1.807) is 7.11 Å². The van der Waals surface area contributed by atoms with Gasteiger partial charge in [0.2, 0.25) is 0 Å². The Morgan fingerprint density at radius 1 is 0.767 bits per heavy atom. The molecule has 1 aliphatic heterocycles. The molecule has 1 unspecified atom stereocenters. The highest BCUT2D eigenvalue weighted by Crippen LogP contribution is 2.26. The Balaban J connectivity index is 2.31. The lowest BCUT2D eigenvalue weighted by Crippen LogP contribution is -2.60. The Morgan fingerprint density at radius 3 is 1.93 bits per heavy atom. The van der Waals surface area contributed by atoms with Crippen molar-refractivity contribution in [2.24, 2.45) is 0 Å². The van der Waals surface area contributed by atoms with E-state index in [1.165, 1.54) is 83.5 Å². The van der Waals surface area contributed by atoms with E-state index < -0.39 is 43.3 Å². The van der Waals surface area contributed by atoms with Crippen molar-refractivity contribution in [3.63, 3.8) is 0 Å². The van der Waals surface area contributed by atoms with Gasteiger partial charge in [0.05, 0.1) is 12.7 Å². The molecular formula is C35H66O8. The van der Waals surface area contributed by atoms with Crippen LogP contribution in [-0.2, 0) is 23.7 Å². The molecular weight excluding hydrogens is 548 g/mol. The van der Waals surface area contributed by atoms with E-state index in [2.05, 4.69) is 26.0 Å². The fourth-order valence-corrected chi connectivity index (χ4v) is 5.62. The summed E-state index contributed by atoms with van der Waals surface area (Å²) >= 11 is 0. The van der Waals surface area contributed by atoms with Crippen LogP contribution in [0.25, 0.3) is 0 Å². The Kier molecular flexibility index (Phi) is 25.4. The molecule has 1 heterocycles. The lowest BCUT2D eigenvalue weighted by molar-refractivity contribution is -0.298. The van der Waals surface area contributed by atoms with Crippen molar-refractivity contribution in [3.8, 4) is 0 Å². The van der Waals surface area contributed by atoms with Gasteiger partial charge in [-0.05, 0) is 44.9 Å². The highest BCUT2D eigenvalue weighted by Gasteiger charge is 2.47. The molecule has 8 heteroatoms. The second-order valence-corrected chi connectivity index (χ2v) is 12.2. The number of hydrogen-bond acceptors (Lipinski definition) is 8. The molecule has 0 aromatic carbocycles. The van der Waals surface area contributed by atoms with E-state index in [9.17, 15) is 20.1 Å². The van der Waals surface area contributed by atoms with Crippen LogP contribution >= 0.6 is 0 Å². The molecule has 0 amide bonds. The molecule has 0 spiro atoms. The van der Waals surface area contributed by atoms with Crippen LogP contribution in [0.1, 0.15) is 149 Å². The van der Waals surface area contributed by atoms with Gasteiger partial charge in [-0.3, -0.25) is 4.79 Å². The third kappa shape index (κ3) is 19.2. The Hall–Kier alpha value is -1.03. The Bertz CT molecular complexity index is 672. The molecule has 8 nitrogen and oxygen atoms in total. The number of aliphatic hydroxyl groups excluding tert-OH is 3. The molecule has 0 radical (unpaired) electrons. The third-order valence-electron chi connectivity index (χ3n) is 8.44. The zero-order valence-corrected chi connectivity index (χ0v) is 27.8. The van der Waals surface area contributed by atoms with Gasteiger partial charge in [-0.25, -0.2) is 0 Å². The molecule has 3 N–H and O–H groups in total. The van der Waals surface area contributed by atoms with E-state index in [0.29, 0.717) is 12.8 Å². The highest BCUT2D eigenvalue weighted by molar-refractivity contribution is 5.69. The summed E-state index contributed by atoms with van der Waals surface area (Å²) in [6, 6.07) is 0. The van der Waals surface area contributed by atoms with E-state index in [1.807, 2.05) is 0 Å². The van der Waals surface area contributed by atoms with E-state index in [4.69, 9.17) is 18.9 Å². The van der Waals surface area contributed by atoms with Gasteiger partial charge in [-0.2, -0.15) is 0 Å². The number of rotatable bonds is 28. The summed E-state index contributed by atoms with van der Waals surface area (Å²) in [4.78, 5) is 12.6. The maximum Gasteiger partial charge on any atom is 0.306 e. The van der Waals surface area contributed by atoms with Gasteiger partial charge in [0, 0.05) is 20.1 Å². The molecule has 0 aliphatic carbocycles. The first-order chi connectivity index (χ1) is 21.0. The van der Waals surface area contributed by atoms with Crippen LogP contribution in [0.5, 0.6) is 0 Å². The van der Waals surface area contributed by atoms with Crippen LogP contribution < -0.4 is 0 Å². The monoisotopic (exact) mass is 614 g/mol. The molecule has 1 aliphatic rings. The first-order valence-corrected chi connectivity index (χ1v) is 17.6.